The molecule has 2 aromatic rings. The van der Waals surface area contributed by atoms with Crippen molar-refractivity contribution in [3.05, 3.63) is 51.4 Å². The van der Waals surface area contributed by atoms with Crippen LogP contribution in [0.3, 0.4) is 0 Å². The number of carbonyl (C=O) groups excluding carboxylic acids is 1. The van der Waals surface area contributed by atoms with Gasteiger partial charge in [-0.15, -0.1) is 11.3 Å². The van der Waals surface area contributed by atoms with E-state index >= 15 is 0 Å². The Morgan fingerprint density at radius 3 is 2.33 bits per heavy atom. The molecule has 4 nitrogen and oxygen atoms in total. The molecule has 0 aliphatic heterocycles. The summed E-state index contributed by atoms with van der Waals surface area (Å²) in [6.45, 7) is 5.64. The van der Waals surface area contributed by atoms with Crippen LogP contribution in [0, 0.1) is 13.8 Å². The first-order valence-electron chi connectivity index (χ1n) is 6.67. The fourth-order valence-electron chi connectivity index (χ4n) is 2.04. The highest BCUT2D eigenvalue weighted by atomic mass is 32.1. The van der Waals surface area contributed by atoms with E-state index in [0.29, 0.717) is 16.1 Å². The van der Waals surface area contributed by atoms with Crippen LogP contribution in [0.1, 0.15) is 43.6 Å². The highest BCUT2D eigenvalue weighted by molar-refractivity contribution is 7.16. The predicted molar refractivity (Wildman–Crippen MR) is 84.5 cm³/mol. The minimum atomic E-state index is -1.02. The summed E-state index contributed by atoms with van der Waals surface area (Å²) in [5.41, 5.74) is 2.55. The summed E-state index contributed by atoms with van der Waals surface area (Å²) in [6, 6.07) is 7.31. The molecule has 1 aromatic heterocycles. The van der Waals surface area contributed by atoms with E-state index in [-0.39, 0.29) is 11.5 Å². The van der Waals surface area contributed by atoms with E-state index < -0.39 is 5.97 Å². The lowest BCUT2D eigenvalue weighted by Crippen LogP contribution is -2.13. The molecule has 0 unspecified atom stereocenters. The zero-order chi connectivity index (χ0) is 15.6. The van der Waals surface area contributed by atoms with Crippen molar-refractivity contribution in [2.45, 2.75) is 27.2 Å². The molecule has 21 heavy (non-hydrogen) atoms. The smallest absolute Gasteiger partial charge is 0.338 e. The van der Waals surface area contributed by atoms with Crippen molar-refractivity contribution in [3.63, 3.8) is 0 Å². The standard InChI is InChI=1S/C16H17NO3S/c1-4-11-5-7-12(8-6-11)14(18)17-15-13(16(19)20)9(2)10(3)21-15/h5-8H,4H2,1-3H3,(H,17,18)(H,19,20). The summed E-state index contributed by atoms with van der Waals surface area (Å²) in [5, 5.41) is 12.4. The fourth-order valence-corrected chi connectivity index (χ4v) is 3.09. The van der Waals surface area contributed by atoms with E-state index in [2.05, 4.69) is 5.32 Å². The van der Waals surface area contributed by atoms with E-state index in [0.717, 1.165) is 16.9 Å². The molecule has 0 fully saturated rings. The Morgan fingerprint density at radius 1 is 1.19 bits per heavy atom. The second-order valence-corrected chi connectivity index (χ2v) is 6.02. The number of aromatic carboxylic acids is 1. The maximum absolute atomic E-state index is 12.2. The van der Waals surface area contributed by atoms with E-state index in [1.165, 1.54) is 11.3 Å². The van der Waals surface area contributed by atoms with Crippen LogP contribution >= 0.6 is 11.3 Å². The molecule has 5 heteroatoms. The Hall–Kier alpha value is -2.14. The van der Waals surface area contributed by atoms with Gasteiger partial charge < -0.3 is 10.4 Å². The molecule has 1 aromatic carbocycles. The minimum Gasteiger partial charge on any atom is -0.478 e. The number of aryl methyl sites for hydroxylation is 2. The minimum absolute atomic E-state index is 0.177. The highest BCUT2D eigenvalue weighted by Crippen LogP contribution is 2.32. The monoisotopic (exact) mass is 303 g/mol. The van der Waals surface area contributed by atoms with Crippen LogP contribution in [0.15, 0.2) is 24.3 Å². The maximum atomic E-state index is 12.2. The normalized spacial score (nSPS) is 10.4. The van der Waals surface area contributed by atoms with Crippen LogP contribution in [0.2, 0.25) is 0 Å². The van der Waals surface area contributed by atoms with Crippen molar-refractivity contribution >= 4 is 28.2 Å². The van der Waals surface area contributed by atoms with Crippen LogP contribution in [0.5, 0.6) is 0 Å². The maximum Gasteiger partial charge on any atom is 0.338 e. The van der Waals surface area contributed by atoms with Gasteiger partial charge in [0.05, 0.1) is 5.56 Å². The summed E-state index contributed by atoms with van der Waals surface area (Å²) in [5.74, 6) is -1.31. The SMILES string of the molecule is CCc1ccc(C(=O)Nc2sc(C)c(C)c2C(=O)O)cc1. The van der Waals surface area contributed by atoms with E-state index in [4.69, 9.17) is 0 Å². The quantitative estimate of drug-likeness (QED) is 0.900. The zero-order valence-corrected chi connectivity index (χ0v) is 13.0. The summed E-state index contributed by atoms with van der Waals surface area (Å²) in [4.78, 5) is 24.4. The number of hydrogen-bond acceptors (Lipinski definition) is 3. The van der Waals surface area contributed by atoms with Gasteiger partial charge in [-0.3, -0.25) is 4.79 Å². The number of amides is 1. The molecule has 1 amide bonds. The Kier molecular flexibility index (Phi) is 4.43. The lowest BCUT2D eigenvalue weighted by atomic mass is 10.1. The number of rotatable bonds is 4. The Balaban J connectivity index is 2.27. The zero-order valence-electron chi connectivity index (χ0n) is 12.2. The number of hydrogen-bond donors (Lipinski definition) is 2. The van der Waals surface area contributed by atoms with Crippen LogP contribution < -0.4 is 5.32 Å². The van der Waals surface area contributed by atoms with Crippen molar-refractivity contribution in [1.29, 1.82) is 0 Å². The number of carbonyl (C=O) groups is 2. The van der Waals surface area contributed by atoms with E-state index in [1.807, 2.05) is 26.0 Å². The highest BCUT2D eigenvalue weighted by Gasteiger charge is 2.20. The first-order chi connectivity index (χ1) is 9.93. The van der Waals surface area contributed by atoms with Crippen LogP contribution in [-0.4, -0.2) is 17.0 Å². The molecule has 0 saturated heterocycles. The molecule has 1 heterocycles. The lowest BCUT2D eigenvalue weighted by molar-refractivity contribution is 0.0697. The number of benzene rings is 1. The number of thiophene rings is 1. The number of anilines is 1. The molecule has 2 N–H and O–H groups in total. The van der Waals surface area contributed by atoms with Crippen molar-refractivity contribution in [1.82, 2.24) is 0 Å². The van der Waals surface area contributed by atoms with Crippen molar-refractivity contribution < 1.29 is 14.7 Å². The molecule has 0 saturated carbocycles. The molecule has 0 spiro atoms. The van der Waals surface area contributed by atoms with Crippen LogP contribution in [0.4, 0.5) is 5.00 Å². The summed E-state index contributed by atoms with van der Waals surface area (Å²) in [7, 11) is 0. The summed E-state index contributed by atoms with van der Waals surface area (Å²) in [6.07, 6.45) is 0.911. The third-order valence-corrected chi connectivity index (χ3v) is 4.57. The second-order valence-electron chi connectivity index (χ2n) is 4.80. The van der Waals surface area contributed by atoms with E-state index in [9.17, 15) is 14.7 Å². The molecule has 0 radical (unpaired) electrons. The third kappa shape index (κ3) is 3.13. The Morgan fingerprint density at radius 2 is 1.81 bits per heavy atom. The average molecular weight is 303 g/mol. The summed E-state index contributed by atoms with van der Waals surface area (Å²) >= 11 is 1.29. The number of nitrogens with one attached hydrogen (secondary N) is 1. The van der Waals surface area contributed by atoms with Gasteiger partial charge in [-0.1, -0.05) is 19.1 Å². The molecular weight excluding hydrogens is 286 g/mol. The Labute approximate surface area is 127 Å². The van der Waals surface area contributed by atoms with Crippen LogP contribution in [-0.2, 0) is 6.42 Å². The van der Waals surface area contributed by atoms with Gasteiger partial charge >= 0.3 is 5.97 Å². The van der Waals surface area contributed by atoms with E-state index in [1.54, 1.807) is 19.1 Å². The molecule has 2 rings (SSSR count). The largest absolute Gasteiger partial charge is 0.478 e. The summed E-state index contributed by atoms with van der Waals surface area (Å²) < 4.78 is 0. The number of carboxylic acids is 1. The molecular formula is C16H17NO3S. The lowest BCUT2D eigenvalue weighted by Gasteiger charge is -2.05. The topological polar surface area (TPSA) is 66.4 Å². The van der Waals surface area contributed by atoms with Crippen molar-refractivity contribution in [2.24, 2.45) is 0 Å². The van der Waals surface area contributed by atoms with Gasteiger partial charge in [-0.25, -0.2) is 4.79 Å². The fraction of sp³-hybridized carbons (Fsp3) is 0.250. The second kappa shape index (κ2) is 6.10. The van der Waals surface area contributed by atoms with Crippen molar-refractivity contribution in [2.75, 3.05) is 5.32 Å². The van der Waals surface area contributed by atoms with Gasteiger partial charge in [-0.2, -0.15) is 0 Å². The van der Waals surface area contributed by atoms with Gasteiger partial charge in [0.15, 0.2) is 0 Å². The van der Waals surface area contributed by atoms with Gasteiger partial charge in [0.2, 0.25) is 0 Å². The average Bonchev–Trinajstić information content (AvgIpc) is 2.73. The third-order valence-electron chi connectivity index (χ3n) is 3.45. The molecule has 0 bridgehead atoms. The van der Waals surface area contributed by atoms with Gasteiger partial charge in [-0.05, 0) is 43.5 Å². The Bertz CT molecular complexity index is 686. The van der Waals surface area contributed by atoms with Crippen molar-refractivity contribution in [3.8, 4) is 0 Å². The van der Waals surface area contributed by atoms with Gasteiger partial charge in [0.1, 0.15) is 5.00 Å². The van der Waals surface area contributed by atoms with Crippen LogP contribution in [0.25, 0.3) is 0 Å². The first-order valence-corrected chi connectivity index (χ1v) is 7.49. The molecule has 0 aliphatic carbocycles. The van der Waals surface area contributed by atoms with Gasteiger partial charge in [0, 0.05) is 10.4 Å². The first kappa shape index (κ1) is 15.3. The molecule has 0 atom stereocenters. The predicted octanol–water partition coefficient (Wildman–Crippen LogP) is 3.88. The molecule has 0 aliphatic rings. The van der Waals surface area contributed by atoms with Gasteiger partial charge in [0.25, 0.3) is 5.91 Å². The number of carboxylic acid groups (broad SMARTS) is 1. The molecule has 110 valence electrons.